The van der Waals surface area contributed by atoms with Crippen molar-refractivity contribution in [3.63, 3.8) is 0 Å². The quantitative estimate of drug-likeness (QED) is 0.906. The van der Waals surface area contributed by atoms with Crippen molar-refractivity contribution in [2.75, 3.05) is 30.4 Å². The molecule has 5 heteroatoms. The van der Waals surface area contributed by atoms with Gasteiger partial charge in [0, 0.05) is 37.0 Å². The third-order valence-corrected chi connectivity index (χ3v) is 4.38. The van der Waals surface area contributed by atoms with Crippen LogP contribution in [-0.4, -0.2) is 30.2 Å². The standard InChI is InChI=1S/C19H26N4O/c1-15-13-18(20-14-16-9-5-6-10-17(16)24-2)22-19(21-15)23-11-7-3-4-8-12-23/h5-6,9-10,13H,3-4,7-8,11-12,14H2,1-2H3,(H,20,21,22). The van der Waals surface area contributed by atoms with Gasteiger partial charge in [-0.1, -0.05) is 31.0 Å². The SMILES string of the molecule is COc1ccccc1CNc1cc(C)nc(N2CCCCCC2)n1. The fraction of sp³-hybridized carbons (Fsp3) is 0.474. The summed E-state index contributed by atoms with van der Waals surface area (Å²) in [6, 6.07) is 10.0. The van der Waals surface area contributed by atoms with Crippen LogP contribution in [0.15, 0.2) is 30.3 Å². The molecule has 1 aliphatic heterocycles. The molecular formula is C19H26N4O. The molecule has 0 spiro atoms. The average molecular weight is 326 g/mol. The normalized spacial score (nSPS) is 15.0. The number of methoxy groups -OCH3 is 1. The number of hydrogen-bond donors (Lipinski definition) is 1. The molecule has 1 aromatic carbocycles. The maximum atomic E-state index is 5.41. The molecule has 128 valence electrons. The molecule has 1 fully saturated rings. The van der Waals surface area contributed by atoms with Crippen molar-refractivity contribution in [3.05, 3.63) is 41.6 Å². The van der Waals surface area contributed by atoms with Gasteiger partial charge in [0.1, 0.15) is 11.6 Å². The summed E-state index contributed by atoms with van der Waals surface area (Å²) in [5, 5.41) is 3.41. The molecule has 0 bridgehead atoms. The Morgan fingerprint density at radius 3 is 2.58 bits per heavy atom. The summed E-state index contributed by atoms with van der Waals surface area (Å²) < 4.78 is 5.41. The molecule has 0 atom stereocenters. The molecule has 0 saturated carbocycles. The molecule has 2 heterocycles. The maximum Gasteiger partial charge on any atom is 0.227 e. The highest BCUT2D eigenvalue weighted by Gasteiger charge is 2.14. The molecule has 3 rings (SSSR count). The zero-order valence-electron chi connectivity index (χ0n) is 14.6. The first-order valence-corrected chi connectivity index (χ1v) is 8.72. The van der Waals surface area contributed by atoms with E-state index in [2.05, 4.69) is 21.3 Å². The summed E-state index contributed by atoms with van der Waals surface area (Å²) in [6.45, 7) is 4.81. The number of aromatic nitrogens is 2. The first kappa shape index (κ1) is 16.6. The van der Waals surface area contributed by atoms with Gasteiger partial charge >= 0.3 is 0 Å². The highest BCUT2D eigenvalue weighted by molar-refractivity contribution is 5.45. The minimum Gasteiger partial charge on any atom is -0.496 e. The molecule has 5 nitrogen and oxygen atoms in total. The van der Waals surface area contributed by atoms with Crippen LogP contribution in [0, 0.1) is 6.92 Å². The fourth-order valence-electron chi connectivity index (χ4n) is 3.09. The number of hydrogen-bond acceptors (Lipinski definition) is 5. The van der Waals surface area contributed by atoms with Gasteiger partial charge in [-0.25, -0.2) is 4.98 Å². The van der Waals surface area contributed by atoms with E-state index >= 15 is 0 Å². The Bertz CT molecular complexity index is 666. The van der Waals surface area contributed by atoms with E-state index in [1.165, 1.54) is 25.7 Å². The lowest BCUT2D eigenvalue weighted by molar-refractivity contribution is 0.410. The molecule has 0 amide bonds. The average Bonchev–Trinajstić information content (AvgIpc) is 2.89. The highest BCUT2D eigenvalue weighted by Crippen LogP contribution is 2.21. The zero-order chi connectivity index (χ0) is 16.8. The van der Waals surface area contributed by atoms with E-state index in [-0.39, 0.29) is 0 Å². The molecule has 0 unspecified atom stereocenters. The number of nitrogens with one attached hydrogen (secondary N) is 1. The van der Waals surface area contributed by atoms with Crippen LogP contribution in [0.5, 0.6) is 5.75 Å². The van der Waals surface area contributed by atoms with Crippen LogP contribution < -0.4 is 15.0 Å². The van der Waals surface area contributed by atoms with Gasteiger partial charge in [-0.2, -0.15) is 4.98 Å². The highest BCUT2D eigenvalue weighted by atomic mass is 16.5. The van der Waals surface area contributed by atoms with E-state index in [4.69, 9.17) is 9.72 Å². The van der Waals surface area contributed by atoms with Gasteiger partial charge in [0.2, 0.25) is 5.95 Å². The third kappa shape index (κ3) is 4.16. The predicted octanol–water partition coefficient (Wildman–Crippen LogP) is 3.79. The van der Waals surface area contributed by atoms with Crippen LogP contribution >= 0.6 is 0 Å². The number of anilines is 2. The van der Waals surface area contributed by atoms with Gasteiger partial charge in [0.25, 0.3) is 0 Å². The lowest BCUT2D eigenvalue weighted by atomic mass is 10.2. The number of benzene rings is 1. The van der Waals surface area contributed by atoms with Gasteiger partial charge in [0.05, 0.1) is 7.11 Å². The van der Waals surface area contributed by atoms with Crippen LogP contribution in [0.3, 0.4) is 0 Å². The van der Waals surface area contributed by atoms with Gasteiger partial charge in [0.15, 0.2) is 0 Å². The minimum absolute atomic E-state index is 0.680. The second-order valence-corrected chi connectivity index (χ2v) is 6.26. The maximum absolute atomic E-state index is 5.41. The van der Waals surface area contributed by atoms with Crippen LogP contribution in [0.1, 0.15) is 36.9 Å². The summed E-state index contributed by atoms with van der Waals surface area (Å²) in [7, 11) is 1.70. The number of nitrogens with zero attached hydrogens (tertiary/aromatic N) is 3. The number of rotatable bonds is 5. The second-order valence-electron chi connectivity index (χ2n) is 6.26. The first-order chi connectivity index (χ1) is 11.8. The molecule has 1 aromatic heterocycles. The Morgan fingerprint density at radius 2 is 1.83 bits per heavy atom. The summed E-state index contributed by atoms with van der Waals surface area (Å²) in [6.07, 6.45) is 5.06. The smallest absolute Gasteiger partial charge is 0.227 e. The van der Waals surface area contributed by atoms with Crippen molar-refractivity contribution in [1.29, 1.82) is 0 Å². The van der Waals surface area contributed by atoms with E-state index in [0.29, 0.717) is 6.54 Å². The van der Waals surface area contributed by atoms with E-state index in [9.17, 15) is 0 Å². The van der Waals surface area contributed by atoms with Gasteiger partial charge < -0.3 is 15.0 Å². The topological polar surface area (TPSA) is 50.3 Å². The largest absolute Gasteiger partial charge is 0.496 e. The molecule has 1 aliphatic rings. The third-order valence-electron chi connectivity index (χ3n) is 4.38. The summed E-state index contributed by atoms with van der Waals surface area (Å²) >= 11 is 0. The monoisotopic (exact) mass is 326 g/mol. The summed E-state index contributed by atoms with van der Waals surface area (Å²) in [5.41, 5.74) is 2.11. The van der Waals surface area contributed by atoms with Crippen LogP contribution in [0.2, 0.25) is 0 Å². The number of para-hydroxylation sites is 1. The van der Waals surface area contributed by atoms with Crippen LogP contribution in [0.25, 0.3) is 0 Å². The molecule has 24 heavy (non-hydrogen) atoms. The number of ether oxygens (including phenoxy) is 1. The molecule has 1 N–H and O–H groups in total. The second kappa shape index (κ2) is 7.99. The Kier molecular flexibility index (Phi) is 5.51. The minimum atomic E-state index is 0.680. The van der Waals surface area contributed by atoms with Crippen molar-refractivity contribution >= 4 is 11.8 Å². The van der Waals surface area contributed by atoms with E-state index < -0.39 is 0 Å². The van der Waals surface area contributed by atoms with Gasteiger partial charge in [-0.3, -0.25) is 0 Å². The first-order valence-electron chi connectivity index (χ1n) is 8.72. The van der Waals surface area contributed by atoms with Gasteiger partial charge in [-0.05, 0) is 25.8 Å². The van der Waals surface area contributed by atoms with Crippen molar-refractivity contribution in [2.45, 2.75) is 39.2 Å². The van der Waals surface area contributed by atoms with Crippen molar-refractivity contribution in [3.8, 4) is 5.75 Å². The van der Waals surface area contributed by atoms with Crippen molar-refractivity contribution in [1.82, 2.24) is 9.97 Å². The molecule has 0 aliphatic carbocycles. The fourth-order valence-corrected chi connectivity index (χ4v) is 3.09. The summed E-state index contributed by atoms with van der Waals surface area (Å²) in [4.78, 5) is 11.7. The lowest BCUT2D eigenvalue weighted by Gasteiger charge is -2.21. The number of aryl methyl sites for hydroxylation is 1. The lowest BCUT2D eigenvalue weighted by Crippen LogP contribution is -2.26. The van der Waals surface area contributed by atoms with Crippen LogP contribution in [0.4, 0.5) is 11.8 Å². The van der Waals surface area contributed by atoms with Crippen molar-refractivity contribution in [2.24, 2.45) is 0 Å². The predicted molar refractivity (Wildman–Crippen MR) is 97.8 cm³/mol. The van der Waals surface area contributed by atoms with E-state index in [0.717, 1.165) is 41.9 Å². The van der Waals surface area contributed by atoms with E-state index in [1.807, 2.05) is 31.2 Å². The van der Waals surface area contributed by atoms with Crippen LogP contribution in [-0.2, 0) is 6.54 Å². The molecule has 1 saturated heterocycles. The molecule has 2 aromatic rings. The Morgan fingerprint density at radius 1 is 1.08 bits per heavy atom. The Balaban J connectivity index is 1.73. The Hall–Kier alpha value is -2.30. The summed E-state index contributed by atoms with van der Waals surface area (Å²) in [5.74, 6) is 2.61. The van der Waals surface area contributed by atoms with Gasteiger partial charge in [-0.15, -0.1) is 0 Å². The van der Waals surface area contributed by atoms with Crippen molar-refractivity contribution < 1.29 is 4.74 Å². The zero-order valence-corrected chi connectivity index (χ0v) is 14.6. The molecule has 0 radical (unpaired) electrons. The molecular weight excluding hydrogens is 300 g/mol. The Labute approximate surface area is 144 Å². The van der Waals surface area contributed by atoms with E-state index in [1.54, 1.807) is 7.11 Å².